The Morgan fingerprint density at radius 2 is 0.636 bits per heavy atom. The highest BCUT2D eigenvalue weighted by Crippen LogP contribution is 2.52. The summed E-state index contributed by atoms with van der Waals surface area (Å²) in [7, 11) is -10.7. The van der Waals surface area contributed by atoms with Crippen LogP contribution in [0.4, 0.5) is 0 Å². The molecule has 0 aliphatic carbocycles. The Kier molecular flexibility index (Phi) is 35.5. The fraction of sp³-hybridized carbons (Fsp3) is 0.403. The predicted molar refractivity (Wildman–Crippen MR) is 446 cm³/mol. The maximum absolute atomic E-state index is 13.5. The summed E-state index contributed by atoms with van der Waals surface area (Å²) in [6.45, 7) is 3.48. The number of hydrogen-bond acceptors (Lipinski definition) is 39. The molecule has 4 aromatic carbocycles. The average molecular weight is 2090 g/mol. The summed E-state index contributed by atoms with van der Waals surface area (Å²) >= 11 is 4.13. The van der Waals surface area contributed by atoms with E-state index in [4.69, 9.17) is 95.0 Å². The second-order valence-corrected chi connectivity index (χ2v) is 34.2. The molecule has 21 atom stereocenters. The third-order valence-electron chi connectivity index (χ3n) is 18.7. The third-order valence-corrected chi connectivity index (χ3v) is 24.0. The van der Waals surface area contributed by atoms with Gasteiger partial charge in [-0.25, -0.2) is 67.5 Å². The minimum Gasteiger partial charge on any atom is -0.452 e. The molecule has 0 saturated carbocycles. The summed E-state index contributed by atoms with van der Waals surface area (Å²) in [5, 5.41) is 77.6. The van der Waals surface area contributed by atoms with Crippen LogP contribution in [0.2, 0.25) is 0 Å². The molecule has 6 unspecified atom stereocenters. The van der Waals surface area contributed by atoms with E-state index < -0.39 is 205 Å². The van der Waals surface area contributed by atoms with Gasteiger partial charge in [-0.1, -0.05) is 118 Å². The van der Waals surface area contributed by atoms with Gasteiger partial charge in [0.15, 0.2) is 55.6 Å². The Morgan fingerprint density at radius 1 is 0.380 bits per heavy atom. The van der Waals surface area contributed by atoms with Crippen molar-refractivity contribution in [3.63, 3.8) is 0 Å². The fourth-order valence-electron chi connectivity index (χ4n) is 12.7. The molecule has 9 aromatic rings. The number of aromatic nitrogens is 15. The van der Waals surface area contributed by atoms with E-state index in [9.17, 15) is 87.5 Å². The lowest BCUT2D eigenvalue weighted by Gasteiger charge is -2.26. The summed E-state index contributed by atoms with van der Waals surface area (Å²) in [5.41, 5.74) is 26.6. The van der Waals surface area contributed by atoms with Gasteiger partial charge in [-0.15, -0.1) is 25.5 Å². The van der Waals surface area contributed by atoms with Crippen molar-refractivity contribution >= 4 is 122 Å². The van der Waals surface area contributed by atoms with E-state index in [-0.39, 0.29) is 65.8 Å². The molecule has 5 amide bonds. The zero-order valence-corrected chi connectivity index (χ0v) is 74.0. The molecular formula is C72H84I2N20O32P3+. The summed E-state index contributed by atoms with van der Waals surface area (Å²) in [4.78, 5) is 153. The number of aliphatic hydroxyl groups excluding tert-OH is 6. The van der Waals surface area contributed by atoms with Crippen molar-refractivity contribution in [2.75, 3.05) is 40.6 Å². The number of primary amides is 5. The van der Waals surface area contributed by atoms with E-state index in [0.717, 1.165) is 33.0 Å². The lowest BCUT2D eigenvalue weighted by molar-refractivity contribution is -0.0545. The number of esters is 4. The van der Waals surface area contributed by atoms with Crippen molar-refractivity contribution in [3.05, 3.63) is 204 Å². The molecule has 52 nitrogen and oxygen atoms in total. The minimum absolute atomic E-state index is 0.0827. The van der Waals surface area contributed by atoms with Gasteiger partial charge in [-0.2, -0.15) is 4.89 Å². The van der Waals surface area contributed by atoms with Crippen molar-refractivity contribution in [2.24, 2.45) is 28.7 Å². The van der Waals surface area contributed by atoms with Gasteiger partial charge < -0.3 is 121 Å². The highest BCUT2D eigenvalue weighted by Gasteiger charge is 2.56. The zero-order valence-electron chi connectivity index (χ0n) is 67.0. The highest BCUT2D eigenvalue weighted by molar-refractivity contribution is 14.1. The lowest BCUT2D eigenvalue weighted by atomic mass is 10.1. The first kappa shape index (κ1) is 100. The van der Waals surface area contributed by atoms with Gasteiger partial charge in [0.25, 0.3) is 29.5 Å². The molecule has 5 saturated heterocycles. The van der Waals surface area contributed by atoms with E-state index in [2.05, 4.69) is 73.0 Å². The van der Waals surface area contributed by atoms with Gasteiger partial charge in [0.1, 0.15) is 92.7 Å². The molecule has 14 rings (SSSR count). The number of nitrogens with two attached hydrogens (primary N) is 5. The van der Waals surface area contributed by atoms with E-state index in [0.29, 0.717) is 20.0 Å². The van der Waals surface area contributed by atoms with Crippen LogP contribution >= 0.6 is 68.4 Å². The maximum Gasteiger partial charge on any atom is 0.508 e. The van der Waals surface area contributed by atoms with Gasteiger partial charge in [-0.05, 0) is 66.9 Å². The molecular weight excluding hydrogens is 2000 g/mol. The average Bonchev–Trinajstić information content (AvgIpc) is 1.66. The number of nitrogens with zero attached hydrogens (tertiary/aromatic N) is 15. The molecule has 0 radical (unpaired) electrons. The van der Waals surface area contributed by atoms with E-state index in [1.807, 2.05) is 22.6 Å². The van der Waals surface area contributed by atoms with E-state index in [1.54, 1.807) is 135 Å². The number of aliphatic hydroxyl groups is 6. The summed E-state index contributed by atoms with van der Waals surface area (Å²) in [6, 6.07) is 33.2. The topological polar surface area (TPSA) is 772 Å². The Bertz CT molecular complexity index is 5450. The first-order chi connectivity index (χ1) is 61.3. The van der Waals surface area contributed by atoms with Crippen molar-refractivity contribution in [2.45, 2.75) is 137 Å². The number of rotatable bonds is 30. The Balaban J connectivity index is 0.000000175. The van der Waals surface area contributed by atoms with Crippen molar-refractivity contribution in [3.8, 4) is 0 Å². The molecule has 10 heterocycles. The number of alkyl halides is 2. The number of ether oxygens (including phenoxy) is 9. The van der Waals surface area contributed by atoms with E-state index in [1.165, 1.54) is 22.0 Å². The number of hydrogen-bond donors (Lipinski definition) is 14. The Hall–Kier alpha value is -10.8. The largest absolute Gasteiger partial charge is 0.508 e. The number of carbonyl (C=O) groups is 9. The molecule has 57 heteroatoms. The molecule has 19 N–H and O–H groups in total. The van der Waals surface area contributed by atoms with Crippen LogP contribution in [0.3, 0.4) is 0 Å². The monoisotopic (exact) mass is 2090 g/mol. The quantitative estimate of drug-likeness (QED) is 0.00800. The SMILES string of the molecule is CCOP(=O)(C[C@H]1O[C@@H](n2cnc(C(N)=O)n2)C(OC(=O)c2ccccc2)[C@@H]1OC(=O)c1ccccc1)OCC.NC(=O)c1ncn([C@@H]2O[C@H](CI)[C@@H](OC(=O)c3ccccc3)C2OC(=O)c2ccccc2)n1.NC(=O)c1ncn([C@@H]2O[C@H](CI)[C@H](O)C2O)n1.NC(=O)c1ncn([C@@H]2O[C@H](CP(=O)(O)O)[C@H](O)C2O)n1.NC(=O)c1ncn([C@@H]2O[C@H](C[P+](=O)O)[C@H](O)C2O)n1. The Morgan fingerprint density at radius 3 is 0.907 bits per heavy atom. The normalized spacial score (nSPS) is 25.7. The standard InChI is InChI=1S/C26H29N4O9P.C22H19IN4O6.C8H11IN4O4.C8H13N4O7P.C8H11N4O6P/c1-3-35-40(34,36-4-2)15-19-20(38-25(32)17-11-7-5-8-12-17)21(39-26(33)18-13-9-6-10-14-18)24(37-19)30-16-28-23(29-30)22(27)31;23-11-15-16(32-21(29)13-7-3-1-4-8-13)17(33-22(30)14-9-5-2-6-10-14)20(31-15)27-12-25-19(26-27)18(24)28;9-1-3-4(14)5(15)8(17-3)13-2-11-7(12-13)6(10)16;9-6(15)7-10-2-12(11-7)8-5(14)4(13)3(19-8)1-20(16,17)18;9-6(15)7-10-2-12(11-7)8-5(14)4(13)3(18-8)1-19(16)17/h5-14,16,19-21,24H,3-4,15H2,1-2H3,(H2,27,31);1-10,12,15-17,20H,11H2,(H2,24,28);2-5,8,14-15H,1H2,(H2,10,16);2-5,8,13-14H,1H2,(H2,9,15)(H2,16,17,18);2-5,8,13-14H,1H2,(H2-,9,15,16,17)/p+1/t19-,20-,21?,24-;15-,16-,17?,20-;3*3-,4+,5?,8-/m11111/s1. The molecule has 5 aliphatic rings. The van der Waals surface area contributed by atoms with Crippen LogP contribution in [-0.4, -0.2) is 305 Å². The van der Waals surface area contributed by atoms with Gasteiger partial charge >= 0.3 is 47.1 Å². The lowest BCUT2D eigenvalue weighted by Crippen LogP contribution is -2.41. The molecule has 692 valence electrons. The number of carbonyl (C=O) groups excluding carboxylic acids is 9. The maximum atomic E-state index is 13.5. The van der Waals surface area contributed by atoms with Gasteiger partial charge in [0.05, 0.1) is 53.9 Å². The third kappa shape index (κ3) is 26.1. The minimum atomic E-state index is -4.42. The molecule has 0 spiro atoms. The Labute approximate surface area is 755 Å². The smallest absolute Gasteiger partial charge is 0.452 e. The van der Waals surface area contributed by atoms with Crippen LogP contribution in [0.5, 0.6) is 0 Å². The van der Waals surface area contributed by atoms with Crippen LogP contribution in [0.1, 0.15) is 140 Å². The summed E-state index contributed by atoms with van der Waals surface area (Å²) in [5.74, 6) is -8.16. The number of halogens is 2. The second-order valence-electron chi connectivity index (χ2n) is 27.6. The van der Waals surface area contributed by atoms with Gasteiger partial charge in [-0.3, -0.25) is 33.1 Å². The molecule has 5 aliphatic heterocycles. The molecule has 0 bridgehead atoms. The van der Waals surface area contributed by atoms with Crippen LogP contribution in [-0.2, 0) is 65.4 Å². The van der Waals surface area contributed by atoms with Crippen LogP contribution in [0, 0.1) is 0 Å². The summed E-state index contributed by atoms with van der Waals surface area (Å²) in [6.07, 6.45) is -17.9. The van der Waals surface area contributed by atoms with Crippen LogP contribution in [0.25, 0.3) is 0 Å². The second kappa shape index (κ2) is 45.6. The summed E-state index contributed by atoms with van der Waals surface area (Å²) < 4.78 is 104. The van der Waals surface area contributed by atoms with Crippen molar-refractivity contribution in [1.29, 1.82) is 0 Å². The fourth-order valence-corrected chi connectivity index (χ4v) is 17.3. The predicted octanol–water partition coefficient (Wildman–Crippen LogP) is -1.51. The number of amides is 5. The van der Waals surface area contributed by atoms with Crippen molar-refractivity contribution in [1.82, 2.24) is 73.8 Å². The van der Waals surface area contributed by atoms with E-state index >= 15 is 0 Å². The molecule has 129 heavy (non-hydrogen) atoms. The molecule has 5 aromatic heterocycles. The van der Waals surface area contributed by atoms with Crippen LogP contribution < -0.4 is 28.7 Å². The van der Waals surface area contributed by atoms with Crippen LogP contribution in [0.15, 0.2) is 153 Å². The zero-order chi connectivity index (χ0) is 93.9. The first-order valence-corrected chi connectivity index (χ1v) is 46.0. The van der Waals surface area contributed by atoms with Gasteiger partial charge in [0.2, 0.25) is 35.3 Å². The molecule has 5 fully saturated rings. The van der Waals surface area contributed by atoms with Gasteiger partial charge in [0, 0.05) is 8.86 Å². The highest BCUT2D eigenvalue weighted by atomic mass is 127. The number of benzene rings is 4. The van der Waals surface area contributed by atoms with Crippen molar-refractivity contribution < 1.29 is 154 Å². The first-order valence-electron chi connectivity index (χ1n) is 38.0.